The second-order valence-electron chi connectivity index (χ2n) is 6.63. The number of aromatic nitrogens is 2. The summed E-state index contributed by atoms with van der Waals surface area (Å²) in [6.45, 7) is 0.446. The third kappa shape index (κ3) is 3.95. The van der Waals surface area contributed by atoms with E-state index in [2.05, 4.69) is 42.2 Å². The number of fused-ring (bicyclic) bond motifs is 1. The lowest BCUT2D eigenvalue weighted by atomic mass is 10.2. The fourth-order valence-electron chi connectivity index (χ4n) is 2.91. The molecular weight excluding hydrogens is 494 g/mol. The van der Waals surface area contributed by atoms with Crippen LogP contribution in [0.3, 0.4) is 0 Å². The first-order valence-electron chi connectivity index (χ1n) is 8.70. The van der Waals surface area contributed by atoms with Crippen LogP contribution in [0.15, 0.2) is 53.5 Å². The lowest BCUT2D eigenvalue weighted by Gasteiger charge is -2.08. The van der Waals surface area contributed by atoms with E-state index in [0.29, 0.717) is 21.4 Å². The van der Waals surface area contributed by atoms with E-state index in [4.69, 9.17) is 4.42 Å². The van der Waals surface area contributed by atoms with Gasteiger partial charge in [0.1, 0.15) is 5.56 Å². The zero-order chi connectivity index (χ0) is 19.8. The molecule has 0 aliphatic heterocycles. The molecule has 2 heterocycles. The molecule has 1 saturated carbocycles. The Balaban J connectivity index is 1.47. The van der Waals surface area contributed by atoms with Crippen LogP contribution in [0.25, 0.3) is 11.0 Å². The van der Waals surface area contributed by atoms with Crippen LogP contribution in [0.5, 0.6) is 0 Å². The Labute approximate surface area is 176 Å². The molecule has 0 atom stereocenters. The number of carbonyl (C=O) groups excluding carboxylic acids is 1. The summed E-state index contributed by atoms with van der Waals surface area (Å²) in [5.74, 6) is -0.142. The van der Waals surface area contributed by atoms with E-state index in [-0.39, 0.29) is 24.2 Å². The van der Waals surface area contributed by atoms with Crippen molar-refractivity contribution in [1.29, 1.82) is 0 Å². The maximum absolute atomic E-state index is 12.4. The highest BCUT2D eigenvalue weighted by Gasteiger charge is 2.25. The first-order valence-corrected chi connectivity index (χ1v) is 10.3. The van der Waals surface area contributed by atoms with Crippen molar-refractivity contribution < 1.29 is 9.21 Å². The maximum atomic E-state index is 12.4. The van der Waals surface area contributed by atoms with Crippen molar-refractivity contribution in [3.8, 4) is 0 Å². The average Bonchev–Trinajstić information content (AvgIpc) is 3.48. The van der Waals surface area contributed by atoms with Gasteiger partial charge in [-0.2, -0.15) is 0 Å². The number of benzene rings is 1. The predicted molar refractivity (Wildman–Crippen MR) is 111 cm³/mol. The molecule has 1 aliphatic carbocycles. The number of nitrogens with one attached hydrogen (secondary N) is 1. The molecular formula is C19H15Br2N3O4. The molecule has 2 aromatic heterocycles. The summed E-state index contributed by atoms with van der Waals surface area (Å²) in [4.78, 5) is 41.0. The summed E-state index contributed by atoms with van der Waals surface area (Å²) in [6, 6.07) is 6.55. The van der Waals surface area contributed by atoms with Gasteiger partial charge in [0, 0.05) is 34.9 Å². The third-order valence-corrected chi connectivity index (χ3v) is 5.58. The van der Waals surface area contributed by atoms with Crippen molar-refractivity contribution in [2.45, 2.75) is 25.3 Å². The molecule has 28 heavy (non-hydrogen) atoms. The minimum Gasteiger partial charge on any atom is -0.421 e. The number of hydrogen-bond donors (Lipinski definition) is 1. The van der Waals surface area contributed by atoms with Gasteiger partial charge < -0.3 is 9.73 Å². The van der Waals surface area contributed by atoms with Crippen LogP contribution in [0.2, 0.25) is 0 Å². The minimum absolute atomic E-state index is 0.0907. The van der Waals surface area contributed by atoms with Crippen LogP contribution in [-0.2, 0) is 6.54 Å². The van der Waals surface area contributed by atoms with Gasteiger partial charge in [0.05, 0.1) is 16.5 Å². The standard InChI is InChI=1S/C19H15Br2N3O4/c20-12-5-11-6-13(19(27)28-17(11)14(21)7-12)18(26)22-3-4-24-9-23-15(8-16(24)25)10-1-2-10/h5-10H,1-4H2,(H,22,26). The van der Waals surface area contributed by atoms with Crippen molar-refractivity contribution >= 4 is 48.7 Å². The van der Waals surface area contributed by atoms with Crippen molar-refractivity contribution in [2.24, 2.45) is 0 Å². The second kappa shape index (κ2) is 7.63. The highest BCUT2D eigenvalue weighted by atomic mass is 79.9. The summed E-state index contributed by atoms with van der Waals surface area (Å²) in [5.41, 5.74) is 0.244. The molecule has 7 nitrogen and oxygen atoms in total. The third-order valence-electron chi connectivity index (χ3n) is 4.53. The molecule has 1 fully saturated rings. The number of amides is 1. The topological polar surface area (TPSA) is 94.2 Å². The average molecular weight is 509 g/mol. The molecule has 0 bridgehead atoms. The lowest BCUT2D eigenvalue weighted by molar-refractivity contribution is 0.0948. The Morgan fingerprint density at radius 1 is 1.21 bits per heavy atom. The van der Waals surface area contributed by atoms with Gasteiger partial charge in [-0.3, -0.25) is 14.2 Å². The van der Waals surface area contributed by atoms with Crippen molar-refractivity contribution in [3.05, 3.63) is 71.6 Å². The van der Waals surface area contributed by atoms with E-state index >= 15 is 0 Å². The van der Waals surface area contributed by atoms with Crippen LogP contribution in [-0.4, -0.2) is 22.0 Å². The SMILES string of the molecule is O=C(NCCn1cnc(C2CC2)cc1=O)c1cc2cc(Br)cc(Br)c2oc1=O. The first-order chi connectivity index (χ1) is 13.4. The van der Waals surface area contributed by atoms with Gasteiger partial charge in [-0.1, -0.05) is 15.9 Å². The number of halogens is 2. The molecule has 1 amide bonds. The van der Waals surface area contributed by atoms with Crippen LogP contribution in [0, 0.1) is 0 Å². The van der Waals surface area contributed by atoms with Crippen molar-refractivity contribution in [2.75, 3.05) is 6.54 Å². The smallest absolute Gasteiger partial charge is 0.349 e. The van der Waals surface area contributed by atoms with E-state index in [0.717, 1.165) is 23.0 Å². The molecule has 0 unspecified atom stereocenters. The van der Waals surface area contributed by atoms with Crippen molar-refractivity contribution in [1.82, 2.24) is 14.9 Å². The summed E-state index contributed by atoms with van der Waals surface area (Å²) in [7, 11) is 0. The summed E-state index contributed by atoms with van der Waals surface area (Å²) < 4.78 is 8.11. The Morgan fingerprint density at radius 2 is 2.00 bits per heavy atom. The van der Waals surface area contributed by atoms with E-state index < -0.39 is 11.5 Å². The molecule has 1 aliphatic rings. The van der Waals surface area contributed by atoms with E-state index in [1.54, 1.807) is 18.2 Å². The van der Waals surface area contributed by atoms with E-state index in [1.807, 2.05) is 0 Å². The van der Waals surface area contributed by atoms with Gasteiger partial charge in [-0.05, 0) is 47.0 Å². The minimum atomic E-state index is -0.722. The summed E-state index contributed by atoms with van der Waals surface area (Å²) in [5, 5.41) is 3.26. The van der Waals surface area contributed by atoms with Crippen molar-refractivity contribution in [3.63, 3.8) is 0 Å². The maximum Gasteiger partial charge on any atom is 0.349 e. The van der Waals surface area contributed by atoms with E-state index in [9.17, 15) is 14.4 Å². The van der Waals surface area contributed by atoms with Gasteiger partial charge in [-0.15, -0.1) is 0 Å². The highest BCUT2D eigenvalue weighted by Crippen LogP contribution is 2.38. The molecule has 144 valence electrons. The van der Waals surface area contributed by atoms with Gasteiger partial charge in [0.2, 0.25) is 0 Å². The molecule has 4 rings (SSSR count). The Hall–Kier alpha value is -2.26. The quantitative estimate of drug-likeness (QED) is 0.534. The highest BCUT2D eigenvalue weighted by molar-refractivity contribution is 9.11. The van der Waals surface area contributed by atoms with Crippen LogP contribution in [0.4, 0.5) is 0 Å². The fourth-order valence-corrected chi connectivity index (χ4v) is 4.25. The molecule has 0 saturated heterocycles. The van der Waals surface area contributed by atoms with Gasteiger partial charge in [-0.25, -0.2) is 9.78 Å². The first kappa shape index (κ1) is 19.1. The zero-order valence-electron chi connectivity index (χ0n) is 14.6. The Bertz CT molecular complexity index is 1200. The molecule has 3 aromatic rings. The molecule has 9 heteroatoms. The second-order valence-corrected chi connectivity index (χ2v) is 8.40. The fraction of sp³-hybridized carbons (Fsp3) is 0.263. The molecule has 0 radical (unpaired) electrons. The monoisotopic (exact) mass is 507 g/mol. The number of rotatable bonds is 5. The normalized spacial score (nSPS) is 13.6. The van der Waals surface area contributed by atoms with Gasteiger partial charge >= 0.3 is 5.63 Å². The van der Waals surface area contributed by atoms with E-state index in [1.165, 1.54) is 17.0 Å². The number of hydrogen-bond acceptors (Lipinski definition) is 5. The van der Waals surface area contributed by atoms with Crippen LogP contribution in [0.1, 0.15) is 34.8 Å². The summed E-state index contributed by atoms with van der Waals surface area (Å²) in [6.07, 6.45) is 3.66. The molecule has 0 spiro atoms. The lowest BCUT2D eigenvalue weighted by Crippen LogP contribution is -2.33. The Kier molecular flexibility index (Phi) is 5.20. The van der Waals surface area contributed by atoms with Gasteiger partial charge in [0.15, 0.2) is 5.58 Å². The van der Waals surface area contributed by atoms with Gasteiger partial charge in [0.25, 0.3) is 11.5 Å². The molecule has 1 aromatic carbocycles. The van der Waals surface area contributed by atoms with Crippen LogP contribution < -0.4 is 16.5 Å². The Morgan fingerprint density at radius 3 is 2.71 bits per heavy atom. The predicted octanol–water partition coefficient (Wildman–Crippen LogP) is 3.18. The largest absolute Gasteiger partial charge is 0.421 e. The molecule has 1 N–H and O–H groups in total. The number of nitrogens with zero attached hydrogens (tertiary/aromatic N) is 2. The number of carbonyl (C=O) groups is 1. The summed E-state index contributed by atoms with van der Waals surface area (Å²) >= 11 is 6.70. The van der Waals surface area contributed by atoms with Crippen LogP contribution >= 0.6 is 31.9 Å². The zero-order valence-corrected chi connectivity index (χ0v) is 17.7.